The zero-order chi connectivity index (χ0) is 14.4. The lowest BCUT2D eigenvalue weighted by Gasteiger charge is -2.15. The minimum absolute atomic E-state index is 0.169. The second-order valence-corrected chi connectivity index (χ2v) is 4.02. The number of fused-ring (bicyclic) bond motifs is 1. The summed E-state index contributed by atoms with van der Waals surface area (Å²) in [5.41, 5.74) is 3.76. The highest BCUT2D eigenvalue weighted by Crippen LogP contribution is 2.37. The summed E-state index contributed by atoms with van der Waals surface area (Å²) in [7, 11) is 0. The Hall–Kier alpha value is -1.70. The average Bonchev–Trinajstić information content (AvgIpc) is 2.67. The van der Waals surface area contributed by atoms with Gasteiger partial charge in [0.25, 0.3) is 0 Å². The second-order valence-electron chi connectivity index (χ2n) is 4.02. The fourth-order valence-electron chi connectivity index (χ4n) is 1.75. The number of nitrogens with one attached hydrogen (secondary N) is 1. The van der Waals surface area contributed by atoms with Crippen molar-refractivity contribution in [1.29, 1.82) is 0 Å². The van der Waals surface area contributed by atoms with Crippen LogP contribution in [0.4, 0.5) is 26.3 Å². The Morgan fingerprint density at radius 3 is 2.21 bits per heavy atom. The lowest BCUT2D eigenvalue weighted by molar-refractivity contribution is -0.148. The van der Waals surface area contributed by atoms with Gasteiger partial charge < -0.3 is 10.7 Å². The maximum absolute atomic E-state index is 12.5. The molecule has 3 N–H and O–H groups in total. The molecule has 0 aliphatic heterocycles. The minimum Gasteiger partial charge on any atom is -0.361 e. The summed E-state index contributed by atoms with van der Waals surface area (Å²) in [6, 6.07) is 0.198. The molecule has 0 aliphatic rings. The van der Waals surface area contributed by atoms with Crippen molar-refractivity contribution in [2.45, 2.75) is 18.4 Å². The number of alkyl halides is 6. The van der Waals surface area contributed by atoms with Gasteiger partial charge in [-0.3, -0.25) is 0 Å². The van der Waals surface area contributed by atoms with Crippen LogP contribution in [0, 0.1) is 0 Å². The molecule has 0 saturated carbocycles. The van der Waals surface area contributed by atoms with E-state index in [-0.39, 0.29) is 10.9 Å². The minimum atomic E-state index is -4.72. The van der Waals surface area contributed by atoms with Gasteiger partial charge in [0.15, 0.2) is 0 Å². The van der Waals surface area contributed by atoms with Gasteiger partial charge in [-0.1, -0.05) is 0 Å². The predicted octanol–water partition coefficient (Wildman–Crippen LogP) is 3.75. The topological polar surface area (TPSA) is 41.8 Å². The van der Waals surface area contributed by atoms with Gasteiger partial charge >= 0.3 is 12.4 Å². The molecule has 2 aromatic rings. The molecule has 0 saturated heterocycles. The maximum Gasteiger partial charge on any atom is 0.416 e. The number of hydrogen-bond acceptors (Lipinski definition) is 1. The van der Waals surface area contributed by atoms with Gasteiger partial charge in [-0.25, -0.2) is 0 Å². The molecule has 0 unspecified atom stereocenters. The molecule has 0 aliphatic carbocycles. The van der Waals surface area contributed by atoms with Crippen LogP contribution >= 0.6 is 0 Å². The molecule has 0 amide bonds. The third-order valence-electron chi connectivity index (χ3n) is 2.73. The van der Waals surface area contributed by atoms with E-state index >= 15 is 0 Å². The van der Waals surface area contributed by atoms with Gasteiger partial charge in [0.2, 0.25) is 0 Å². The molecule has 0 bridgehead atoms. The molecule has 104 valence electrons. The van der Waals surface area contributed by atoms with E-state index in [1.54, 1.807) is 0 Å². The Morgan fingerprint density at radius 1 is 1.05 bits per heavy atom. The monoisotopic (exact) mass is 282 g/mol. The van der Waals surface area contributed by atoms with E-state index in [9.17, 15) is 26.3 Å². The highest BCUT2D eigenvalue weighted by atomic mass is 19.4. The summed E-state index contributed by atoms with van der Waals surface area (Å²) in [5.74, 6) is 0. The molecule has 0 radical (unpaired) electrons. The first-order chi connectivity index (χ1) is 8.60. The van der Waals surface area contributed by atoms with Crippen LogP contribution in [0.5, 0.6) is 0 Å². The van der Waals surface area contributed by atoms with E-state index < -0.39 is 29.5 Å². The number of halogens is 6. The Bertz CT molecular complexity index is 595. The summed E-state index contributed by atoms with van der Waals surface area (Å²) in [4.78, 5) is 2.47. The molecule has 1 aromatic carbocycles. The number of nitrogens with two attached hydrogens (primary N) is 1. The van der Waals surface area contributed by atoms with Gasteiger partial charge in [0, 0.05) is 22.7 Å². The average molecular weight is 282 g/mol. The van der Waals surface area contributed by atoms with E-state index in [0.29, 0.717) is 6.07 Å². The van der Waals surface area contributed by atoms with Crippen molar-refractivity contribution in [3.05, 3.63) is 35.5 Å². The highest BCUT2D eigenvalue weighted by molar-refractivity contribution is 5.84. The lowest BCUT2D eigenvalue weighted by Crippen LogP contribution is -2.28. The van der Waals surface area contributed by atoms with E-state index in [0.717, 1.165) is 18.3 Å². The van der Waals surface area contributed by atoms with Crippen LogP contribution in [0.15, 0.2) is 24.4 Å². The van der Waals surface area contributed by atoms with Gasteiger partial charge in [-0.05, 0) is 18.2 Å². The number of aromatic nitrogens is 1. The van der Waals surface area contributed by atoms with Crippen molar-refractivity contribution < 1.29 is 26.3 Å². The molecule has 0 spiro atoms. The van der Waals surface area contributed by atoms with Crippen LogP contribution in [0.1, 0.15) is 17.2 Å². The molecular weight excluding hydrogens is 274 g/mol. The summed E-state index contributed by atoms with van der Waals surface area (Å²) in [6.07, 6.45) is -8.36. The number of hydrogen-bond donors (Lipinski definition) is 2. The first-order valence-electron chi connectivity index (χ1n) is 5.11. The van der Waals surface area contributed by atoms with Crippen molar-refractivity contribution in [2.75, 3.05) is 0 Å². The molecule has 1 heterocycles. The number of benzene rings is 1. The third-order valence-corrected chi connectivity index (χ3v) is 2.73. The van der Waals surface area contributed by atoms with Crippen molar-refractivity contribution in [3.63, 3.8) is 0 Å². The van der Waals surface area contributed by atoms with Crippen molar-refractivity contribution in [2.24, 2.45) is 5.73 Å². The Morgan fingerprint density at radius 2 is 1.68 bits per heavy atom. The van der Waals surface area contributed by atoms with Crippen LogP contribution in [-0.4, -0.2) is 11.2 Å². The quantitative estimate of drug-likeness (QED) is 0.768. The summed E-state index contributed by atoms with van der Waals surface area (Å²) < 4.78 is 75.1. The SMILES string of the molecule is N[C@H](c1c[nH]c2ccc(C(F)(F)F)cc12)C(F)(F)F. The zero-order valence-corrected chi connectivity index (χ0v) is 9.23. The van der Waals surface area contributed by atoms with Crippen molar-refractivity contribution in [3.8, 4) is 0 Å². The van der Waals surface area contributed by atoms with Crippen molar-refractivity contribution in [1.82, 2.24) is 4.98 Å². The second kappa shape index (κ2) is 4.16. The van der Waals surface area contributed by atoms with Gasteiger partial charge in [-0.15, -0.1) is 0 Å². The van der Waals surface area contributed by atoms with Crippen LogP contribution in [0.25, 0.3) is 10.9 Å². The smallest absolute Gasteiger partial charge is 0.361 e. The van der Waals surface area contributed by atoms with E-state index in [4.69, 9.17) is 5.73 Å². The third kappa shape index (κ3) is 2.53. The standard InChI is InChI=1S/C11H8F6N2/c12-10(13,14)5-1-2-8-6(3-5)7(4-19-8)9(18)11(15,16)17/h1-4,9,19H,18H2/t9-/m1/s1. The van der Waals surface area contributed by atoms with Crippen LogP contribution < -0.4 is 5.73 Å². The first-order valence-corrected chi connectivity index (χ1v) is 5.11. The molecule has 0 fully saturated rings. The fraction of sp³-hybridized carbons (Fsp3) is 0.273. The summed E-state index contributed by atoms with van der Waals surface area (Å²) in [5, 5.41) is -0.181. The van der Waals surface area contributed by atoms with E-state index in [1.165, 1.54) is 0 Å². The number of rotatable bonds is 1. The number of H-pyrrole nitrogens is 1. The van der Waals surface area contributed by atoms with Crippen LogP contribution in [0.2, 0.25) is 0 Å². The molecule has 1 atom stereocenters. The lowest BCUT2D eigenvalue weighted by atomic mass is 10.0. The summed E-state index contributed by atoms with van der Waals surface area (Å²) >= 11 is 0. The normalized spacial score (nSPS) is 14.9. The van der Waals surface area contributed by atoms with E-state index in [1.807, 2.05) is 0 Å². The zero-order valence-electron chi connectivity index (χ0n) is 9.23. The number of aromatic amines is 1. The predicted molar refractivity (Wildman–Crippen MR) is 56.3 cm³/mol. The molecule has 1 aromatic heterocycles. The molecule has 2 rings (SSSR count). The van der Waals surface area contributed by atoms with Crippen LogP contribution in [-0.2, 0) is 6.18 Å². The first kappa shape index (κ1) is 13.7. The molecule has 19 heavy (non-hydrogen) atoms. The van der Waals surface area contributed by atoms with Crippen LogP contribution in [0.3, 0.4) is 0 Å². The van der Waals surface area contributed by atoms with Gasteiger partial charge in [0.1, 0.15) is 6.04 Å². The van der Waals surface area contributed by atoms with Gasteiger partial charge in [0.05, 0.1) is 5.56 Å². The van der Waals surface area contributed by atoms with Gasteiger partial charge in [-0.2, -0.15) is 26.3 Å². The highest BCUT2D eigenvalue weighted by Gasteiger charge is 2.39. The largest absolute Gasteiger partial charge is 0.416 e. The van der Waals surface area contributed by atoms with E-state index in [2.05, 4.69) is 4.98 Å². The summed E-state index contributed by atoms with van der Waals surface area (Å²) in [6.45, 7) is 0. The molecular formula is C11H8F6N2. The fourth-order valence-corrected chi connectivity index (χ4v) is 1.75. The maximum atomic E-state index is 12.5. The Labute approximate surface area is 103 Å². The molecule has 8 heteroatoms. The Balaban J connectivity index is 2.58. The molecule has 2 nitrogen and oxygen atoms in total. The Kier molecular flexibility index (Phi) is 3.00. The van der Waals surface area contributed by atoms with Crippen molar-refractivity contribution >= 4 is 10.9 Å².